The normalized spacial score (nSPS) is 14.3. The van der Waals surface area contributed by atoms with Crippen molar-refractivity contribution in [2.45, 2.75) is 19.4 Å². The summed E-state index contributed by atoms with van der Waals surface area (Å²) in [5.41, 5.74) is 1.32. The van der Waals surface area contributed by atoms with Crippen LogP contribution in [0.4, 0.5) is 5.69 Å². The molecule has 0 unspecified atom stereocenters. The second-order valence-corrected chi connectivity index (χ2v) is 9.86. The maximum atomic E-state index is 13.1. The molecule has 0 atom stereocenters. The molecule has 38 heavy (non-hydrogen) atoms. The molecule has 5 rings (SSSR count). The predicted molar refractivity (Wildman–Crippen MR) is 146 cm³/mol. The van der Waals surface area contributed by atoms with Crippen LogP contribution in [0.2, 0.25) is 10.0 Å². The van der Waals surface area contributed by atoms with Gasteiger partial charge in [-0.05, 0) is 68.4 Å². The molecule has 10 heteroatoms. The summed E-state index contributed by atoms with van der Waals surface area (Å²) in [5.74, 6) is 2.60. The van der Waals surface area contributed by atoms with E-state index in [2.05, 4.69) is 20.4 Å². The van der Waals surface area contributed by atoms with Crippen LogP contribution >= 0.6 is 23.2 Å². The van der Waals surface area contributed by atoms with Crippen molar-refractivity contribution in [2.24, 2.45) is 5.92 Å². The minimum atomic E-state index is -0.139. The van der Waals surface area contributed by atoms with E-state index in [1.807, 2.05) is 30.3 Å². The Hall–Kier alpha value is -3.59. The van der Waals surface area contributed by atoms with Crippen molar-refractivity contribution in [1.29, 1.82) is 0 Å². The first-order chi connectivity index (χ1) is 18.5. The maximum Gasteiger partial charge on any atom is 0.241 e. The van der Waals surface area contributed by atoms with Crippen LogP contribution in [0, 0.1) is 5.92 Å². The van der Waals surface area contributed by atoms with E-state index in [0.29, 0.717) is 64.1 Å². The number of rotatable bonds is 8. The van der Waals surface area contributed by atoms with Gasteiger partial charge in [0.15, 0.2) is 5.75 Å². The first-order valence-corrected chi connectivity index (χ1v) is 13.0. The van der Waals surface area contributed by atoms with Crippen LogP contribution in [0.3, 0.4) is 0 Å². The number of nitrogens with zero attached hydrogens (tertiary/aromatic N) is 3. The highest BCUT2D eigenvalue weighted by Crippen LogP contribution is 2.34. The first-order valence-electron chi connectivity index (χ1n) is 12.2. The van der Waals surface area contributed by atoms with E-state index < -0.39 is 0 Å². The van der Waals surface area contributed by atoms with Crippen molar-refractivity contribution in [3.8, 4) is 28.6 Å². The fraction of sp³-hybridized carbons (Fsp3) is 0.250. The SMILES string of the molecule is COc1cccc(Oc2ccc(Cl)cc2NC(=O)C2CCN(Cc3nc(-c4cccc(Cl)c4)no3)CC2)c1. The minimum Gasteiger partial charge on any atom is -0.497 e. The summed E-state index contributed by atoms with van der Waals surface area (Å²) < 4.78 is 16.7. The molecule has 0 spiro atoms. The minimum absolute atomic E-state index is 0.0663. The van der Waals surface area contributed by atoms with Crippen LogP contribution in [0.25, 0.3) is 11.4 Å². The molecule has 1 aromatic heterocycles. The van der Waals surface area contributed by atoms with Gasteiger partial charge < -0.3 is 19.3 Å². The van der Waals surface area contributed by atoms with E-state index in [4.69, 9.17) is 37.2 Å². The van der Waals surface area contributed by atoms with Crippen LogP contribution in [0.15, 0.2) is 71.3 Å². The third-order valence-corrected chi connectivity index (χ3v) is 6.81. The Kier molecular flexibility index (Phi) is 8.12. The highest BCUT2D eigenvalue weighted by Gasteiger charge is 2.27. The van der Waals surface area contributed by atoms with Crippen LogP contribution in [-0.2, 0) is 11.3 Å². The molecular weight excluding hydrogens is 527 g/mol. The number of halogens is 2. The zero-order valence-corrected chi connectivity index (χ0v) is 22.2. The van der Waals surface area contributed by atoms with Crippen LogP contribution in [-0.4, -0.2) is 41.1 Å². The number of carbonyl (C=O) groups excluding carboxylic acids is 1. The molecule has 8 nitrogen and oxygen atoms in total. The lowest BCUT2D eigenvalue weighted by Gasteiger charge is -2.30. The predicted octanol–water partition coefficient (Wildman–Crippen LogP) is 6.70. The van der Waals surface area contributed by atoms with Crippen molar-refractivity contribution in [3.63, 3.8) is 0 Å². The molecule has 0 bridgehead atoms. The quantitative estimate of drug-likeness (QED) is 0.260. The molecule has 3 aromatic carbocycles. The Balaban J connectivity index is 1.17. The number of likely N-dealkylation sites (tertiary alicyclic amines) is 1. The van der Waals surface area contributed by atoms with Gasteiger partial charge in [-0.1, -0.05) is 46.6 Å². The number of anilines is 1. The lowest BCUT2D eigenvalue weighted by atomic mass is 9.96. The fourth-order valence-electron chi connectivity index (χ4n) is 4.32. The largest absolute Gasteiger partial charge is 0.497 e. The van der Waals surface area contributed by atoms with Crippen molar-refractivity contribution >= 4 is 34.8 Å². The van der Waals surface area contributed by atoms with Crippen LogP contribution < -0.4 is 14.8 Å². The second-order valence-electron chi connectivity index (χ2n) is 8.98. The maximum absolute atomic E-state index is 13.1. The molecule has 1 aliphatic rings. The Labute approximate surface area is 230 Å². The number of methoxy groups -OCH3 is 1. The molecule has 1 N–H and O–H groups in total. The van der Waals surface area contributed by atoms with Crippen molar-refractivity contribution in [2.75, 3.05) is 25.5 Å². The van der Waals surface area contributed by atoms with E-state index in [-0.39, 0.29) is 11.8 Å². The standard InChI is InChI=1S/C28H26Cl2N4O4/c1-36-22-6-3-7-23(16-22)37-25-9-8-21(30)15-24(25)31-28(35)18-10-12-34(13-11-18)17-26-32-27(33-38-26)19-4-2-5-20(29)14-19/h2-9,14-16,18H,10-13,17H2,1H3,(H,31,35). The topological polar surface area (TPSA) is 89.7 Å². The first kappa shape index (κ1) is 26.0. The smallest absolute Gasteiger partial charge is 0.241 e. The number of amides is 1. The summed E-state index contributed by atoms with van der Waals surface area (Å²) in [7, 11) is 1.60. The number of hydrogen-bond donors (Lipinski definition) is 1. The zero-order chi connectivity index (χ0) is 26.5. The number of carbonyl (C=O) groups is 1. The average molecular weight is 553 g/mol. The molecule has 1 aliphatic heterocycles. The van der Waals surface area contributed by atoms with E-state index in [0.717, 1.165) is 18.7 Å². The van der Waals surface area contributed by atoms with E-state index >= 15 is 0 Å². The summed E-state index contributed by atoms with van der Waals surface area (Å²) in [5, 5.41) is 8.20. The number of ether oxygens (including phenoxy) is 2. The molecule has 0 radical (unpaired) electrons. The third kappa shape index (κ3) is 6.45. The Morgan fingerprint density at radius 2 is 1.79 bits per heavy atom. The Morgan fingerprint density at radius 3 is 2.58 bits per heavy atom. The highest BCUT2D eigenvalue weighted by molar-refractivity contribution is 6.31. The molecule has 1 saturated heterocycles. The molecule has 1 fully saturated rings. The van der Waals surface area contributed by atoms with Crippen molar-refractivity contribution < 1.29 is 18.8 Å². The lowest BCUT2D eigenvalue weighted by molar-refractivity contribution is -0.121. The summed E-state index contributed by atoms with van der Waals surface area (Å²) in [6.45, 7) is 1.99. The third-order valence-electron chi connectivity index (χ3n) is 6.34. The molecule has 2 heterocycles. The van der Waals surface area contributed by atoms with Gasteiger partial charge in [0.2, 0.25) is 17.6 Å². The van der Waals surface area contributed by atoms with Gasteiger partial charge in [0.1, 0.15) is 11.5 Å². The zero-order valence-electron chi connectivity index (χ0n) is 20.7. The van der Waals surface area contributed by atoms with Gasteiger partial charge >= 0.3 is 0 Å². The van der Waals surface area contributed by atoms with Gasteiger partial charge in [-0.15, -0.1) is 0 Å². The molecule has 0 saturated carbocycles. The monoisotopic (exact) mass is 552 g/mol. The van der Waals surface area contributed by atoms with Gasteiger partial charge in [0.05, 0.1) is 19.3 Å². The Morgan fingerprint density at radius 1 is 1.03 bits per heavy atom. The van der Waals surface area contributed by atoms with Crippen LogP contribution in [0.5, 0.6) is 17.2 Å². The number of nitrogens with one attached hydrogen (secondary N) is 1. The fourth-order valence-corrected chi connectivity index (χ4v) is 4.69. The molecule has 196 valence electrons. The summed E-state index contributed by atoms with van der Waals surface area (Å²) in [6, 6.07) is 19.7. The van der Waals surface area contributed by atoms with E-state index in [9.17, 15) is 4.79 Å². The van der Waals surface area contributed by atoms with Crippen molar-refractivity contribution in [3.05, 3.63) is 82.7 Å². The summed E-state index contributed by atoms with van der Waals surface area (Å²) >= 11 is 12.3. The number of aromatic nitrogens is 2. The van der Waals surface area contributed by atoms with Gasteiger partial charge in [0.25, 0.3) is 0 Å². The molecular formula is C28H26Cl2N4O4. The second kappa shape index (κ2) is 11.9. The Bertz CT molecular complexity index is 1420. The van der Waals surface area contributed by atoms with Gasteiger partial charge in [-0.25, -0.2) is 0 Å². The lowest BCUT2D eigenvalue weighted by Crippen LogP contribution is -2.37. The molecule has 4 aromatic rings. The highest BCUT2D eigenvalue weighted by atomic mass is 35.5. The molecule has 1 amide bonds. The van der Waals surface area contributed by atoms with Crippen molar-refractivity contribution in [1.82, 2.24) is 15.0 Å². The van der Waals surface area contributed by atoms with Crippen LogP contribution in [0.1, 0.15) is 18.7 Å². The average Bonchev–Trinajstić information content (AvgIpc) is 3.39. The number of piperidine rings is 1. The van der Waals surface area contributed by atoms with Gasteiger partial charge in [0, 0.05) is 27.6 Å². The summed E-state index contributed by atoms with van der Waals surface area (Å²) in [4.78, 5) is 19.8. The van der Waals surface area contributed by atoms with E-state index in [1.54, 1.807) is 43.5 Å². The molecule has 0 aliphatic carbocycles. The number of benzene rings is 3. The number of hydrogen-bond acceptors (Lipinski definition) is 7. The van der Waals surface area contributed by atoms with Gasteiger partial charge in [-0.3, -0.25) is 9.69 Å². The summed E-state index contributed by atoms with van der Waals surface area (Å²) in [6.07, 6.45) is 1.40. The van der Waals surface area contributed by atoms with Gasteiger partial charge in [-0.2, -0.15) is 4.98 Å². The van der Waals surface area contributed by atoms with E-state index in [1.165, 1.54) is 0 Å².